The molecule has 0 bridgehead atoms. The molecule has 15 N–H and O–H groups in total. The van der Waals surface area contributed by atoms with Crippen molar-refractivity contribution in [1.29, 1.82) is 4.29 Å². The fourth-order valence-corrected chi connectivity index (χ4v) is 10.8. The summed E-state index contributed by atoms with van der Waals surface area (Å²) < 4.78 is 285. The zero-order valence-corrected chi connectivity index (χ0v) is 53.5. The number of anilines is 6. The Morgan fingerprint density at radius 1 is 0.339 bits per heavy atom. The largest absolute Gasteiger partial charge is 0.506 e. The normalized spacial score (nSPS) is 12.2. The number of hydrogen-bond donors (Lipinski definition) is 12. The van der Waals surface area contributed by atoms with E-state index in [1.165, 1.54) is 69.4 Å². The molecule has 0 aliphatic heterocycles. The number of phenols is 6. The van der Waals surface area contributed by atoms with Crippen LogP contribution in [0.1, 0.15) is 118 Å². The molecule has 0 unspecified atom stereocenters. The van der Waals surface area contributed by atoms with Crippen molar-refractivity contribution >= 4 is 57.5 Å². The number of halogens is 18. The number of nitrogens with one attached hydrogen (secondary N) is 3. The minimum Gasteiger partial charge on any atom is -0.506 e. The van der Waals surface area contributed by atoms with Gasteiger partial charge in [0, 0.05) is 29.3 Å². The number of alkyl halides is 18. The molecule has 588 valence electrons. The Hall–Kier alpha value is -12.2. The number of ether oxygens (including phenoxy) is 1. The number of Topliss-reactive ketones (excluding diaryl/α,β-unsaturated/α-hetero) is 2. The Balaban J connectivity index is 0.000000442. The van der Waals surface area contributed by atoms with E-state index in [1.807, 2.05) is 0 Å². The van der Waals surface area contributed by atoms with Gasteiger partial charge in [0.15, 0.2) is 11.6 Å². The summed E-state index contributed by atoms with van der Waals surface area (Å²) >= 11 is 0. The molecule has 0 fully saturated rings. The molecule has 0 saturated carbocycles. The summed E-state index contributed by atoms with van der Waals surface area (Å²) in [5.41, 5.74) is -8.58. The lowest BCUT2D eigenvalue weighted by atomic mass is 9.72. The second kappa shape index (κ2) is 33.7. The maximum absolute atomic E-state index is 14.7. The fraction of sp³-hybridized carbons (Fsp3) is 0.216. The van der Waals surface area contributed by atoms with Crippen LogP contribution in [0, 0.1) is 0 Å². The number of rotatable bonds is 18. The Morgan fingerprint density at radius 3 is 0.917 bits per heavy atom. The van der Waals surface area contributed by atoms with Crippen LogP contribution in [0.4, 0.5) is 113 Å². The van der Waals surface area contributed by atoms with E-state index in [2.05, 4.69) is 31.3 Å². The van der Waals surface area contributed by atoms with Gasteiger partial charge in [-0.2, -0.15) is 79.0 Å². The van der Waals surface area contributed by atoms with E-state index in [0.29, 0.717) is 114 Å². The van der Waals surface area contributed by atoms with Crippen molar-refractivity contribution in [3.05, 3.63) is 238 Å². The summed E-state index contributed by atoms with van der Waals surface area (Å²) in [6, 6.07) is 26.4. The molecule has 0 aliphatic rings. The number of hydrogen-bond acceptors (Lipinski definition) is 15. The molecule has 0 atom stereocenters. The van der Waals surface area contributed by atoms with Crippen molar-refractivity contribution < 1.29 is 134 Å². The minimum absolute atomic E-state index is 0. The zero-order chi connectivity index (χ0) is 80.8. The van der Waals surface area contributed by atoms with Gasteiger partial charge in [-0.1, -0.05) is 78.2 Å². The van der Waals surface area contributed by atoms with Gasteiger partial charge >= 0.3 is 37.1 Å². The molecule has 2 amide bonds. The van der Waals surface area contributed by atoms with E-state index in [9.17, 15) is 114 Å². The maximum Gasteiger partial charge on any atom is 0.411 e. The maximum atomic E-state index is 14.7. The Labute approximate surface area is 614 Å². The first-order chi connectivity index (χ1) is 50.1. The Morgan fingerprint density at radius 2 is 0.615 bits per heavy atom. The first kappa shape index (κ1) is 85.7. The number of carbonyl (C=O) groups is 4. The average molecular weight is 1560 g/mol. The predicted octanol–water partition coefficient (Wildman–Crippen LogP) is 19.6. The van der Waals surface area contributed by atoms with E-state index in [1.54, 1.807) is 24.3 Å². The van der Waals surface area contributed by atoms with E-state index in [4.69, 9.17) is 26.2 Å². The van der Waals surface area contributed by atoms with Gasteiger partial charge in [-0.3, -0.25) is 19.2 Å². The van der Waals surface area contributed by atoms with Crippen LogP contribution < -0.4 is 37.9 Å². The minimum atomic E-state index is -5.98. The van der Waals surface area contributed by atoms with Gasteiger partial charge in [0.1, 0.15) is 46.0 Å². The lowest BCUT2D eigenvalue weighted by Crippen LogP contribution is -2.54. The van der Waals surface area contributed by atoms with Crippen molar-refractivity contribution in [3.8, 4) is 46.0 Å². The highest BCUT2D eigenvalue weighted by atomic mass is 19.4. The molecule has 0 aromatic heterocycles. The number of carbonyl (C=O) groups excluding carboxylic acids is 4. The van der Waals surface area contributed by atoms with E-state index in [-0.39, 0.29) is 69.4 Å². The van der Waals surface area contributed by atoms with Crippen LogP contribution in [0.25, 0.3) is 0 Å². The fourth-order valence-electron chi connectivity index (χ4n) is 10.8. The molecular formula is C74H70F18N6O11. The summed E-state index contributed by atoms with van der Waals surface area (Å²) in [5.74, 6) is -5.22. The van der Waals surface area contributed by atoms with E-state index in [0.717, 1.165) is 6.07 Å². The first-order valence-corrected chi connectivity index (χ1v) is 29.4. The number of nitrogens with two attached hydrogens (primary N) is 3. The van der Waals surface area contributed by atoms with Crippen LogP contribution in [-0.2, 0) is 16.2 Å². The summed E-state index contributed by atoms with van der Waals surface area (Å²) in [6.45, 7) is 2.64. The smallest absolute Gasteiger partial charge is 0.411 e. The van der Waals surface area contributed by atoms with Gasteiger partial charge in [-0.05, 0) is 181 Å². The van der Waals surface area contributed by atoms with Crippen molar-refractivity contribution in [1.82, 2.24) is 0 Å². The number of amides is 2. The monoisotopic (exact) mass is 1560 g/mol. The van der Waals surface area contributed by atoms with Gasteiger partial charge in [-0.25, -0.2) is 0 Å². The number of ketones is 2. The van der Waals surface area contributed by atoms with Crippen molar-refractivity contribution in [2.75, 3.05) is 40.2 Å². The number of phenolic OH excluding ortho intramolecular Hbond substituents is 6. The SMILES string of the molecule is C.C.C.C.[2H]Oc1ccc(C(c2ccc(O)c(N)c2)(C(F)(F)F)C(F)(F)F)cc1N.[2H]Oc1ccc(C(c2ccc(O)c(N)c2)(C(F)(F)F)C(F)(F)F)cc1NC(=O)c1cccc(C(C)=O)c1.[2H]Oc1ccc(C(c2ccc(O)c(NC)c2)(C(F)(F)F)C(F)(F)F)cc1NC(=O)c1ccc(Oc2ccc(C(C)=O)cc2)cc1. The van der Waals surface area contributed by atoms with E-state index >= 15 is 0 Å². The van der Waals surface area contributed by atoms with Gasteiger partial charge in [-0.15, -0.1) is 0 Å². The average Bonchev–Trinajstić information content (AvgIpc) is 0.717. The molecule has 17 nitrogen and oxygen atoms in total. The van der Waals surface area contributed by atoms with Gasteiger partial charge in [0.2, 0.25) is 16.2 Å². The van der Waals surface area contributed by atoms with Crippen LogP contribution in [0.15, 0.2) is 182 Å². The van der Waals surface area contributed by atoms with Gasteiger partial charge in [0.25, 0.3) is 16.1 Å². The van der Waals surface area contributed by atoms with Crippen LogP contribution in [0.2, 0.25) is 0 Å². The molecule has 0 aliphatic carbocycles. The molecule has 109 heavy (non-hydrogen) atoms. The molecule has 9 rings (SSSR count). The van der Waals surface area contributed by atoms with Crippen LogP contribution in [-0.4, -0.2) is 102 Å². The predicted molar refractivity (Wildman–Crippen MR) is 372 cm³/mol. The highest BCUT2D eigenvalue weighted by Crippen LogP contribution is 2.61. The highest BCUT2D eigenvalue weighted by molar-refractivity contribution is 6.07. The summed E-state index contributed by atoms with van der Waals surface area (Å²) in [7, 11) is 1.21. The highest BCUT2D eigenvalue weighted by Gasteiger charge is 2.75. The lowest BCUT2D eigenvalue weighted by molar-refractivity contribution is -0.290. The summed E-state index contributed by atoms with van der Waals surface area (Å²) in [5, 5.41) is 48.2. The van der Waals surface area contributed by atoms with Crippen molar-refractivity contribution in [3.63, 3.8) is 0 Å². The topological polar surface area (TPSA) is 313 Å². The van der Waals surface area contributed by atoms with Crippen LogP contribution in [0.3, 0.4) is 0 Å². The number of benzene rings is 9. The molecule has 0 radical (unpaired) electrons. The van der Waals surface area contributed by atoms with Gasteiger partial charge in [0.05, 0.1) is 34.1 Å². The Kier molecular flexibility index (Phi) is 26.5. The number of nitrogen functional groups attached to an aromatic ring is 3. The van der Waals surface area contributed by atoms with Crippen molar-refractivity contribution in [2.45, 2.75) is 96.9 Å². The second-order valence-corrected chi connectivity index (χ2v) is 22.7. The molecular weight excluding hydrogens is 1490 g/mol. The molecule has 35 heteroatoms. The zero-order valence-electron chi connectivity index (χ0n) is 56.5. The lowest BCUT2D eigenvalue weighted by Gasteiger charge is -2.38. The molecule has 0 spiro atoms. The quantitative estimate of drug-likeness (QED) is 0.0164. The molecule has 9 aromatic carbocycles. The molecule has 9 aromatic rings. The first-order valence-electron chi connectivity index (χ1n) is 30.6. The molecule has 0 saturated heterocycles. The van der Waals surface area contributed by atoms with Gasteiger partial charge < -0.3 is 68.5 Å². The third kappa shape index (κ3) is 18.1. The standard InChI is InChI=1S/C31H24F6N2O5.C24H18F6N2O4.C15H12F6N2O2.4CH4/c1-17(40)18-3-9-22(10-4-18)44-23-11-5-19(6-12-23)28(43)39-25-16-21(8-14-27(25)42)29(30(32,33)34,31(35,36)37)20-7-13-26(41)24(15-20)38-2;1-12(33)13-3-2-4-14(9-13)21(36)32-18-11-16(6-8-20(18)35)22(23(25,26)27,24(28,29)30)15-5-7-19(34)17(31)10-15;16-14(17,18)13(15(19,20)21,7-1-3-11(24)9(22)5-7)8-2-4-12(25)10(23)6-8;;;;/h3-16,38,41-42H,1-2H3,(H,39,43);2-11,34-35H,31H2,1H3,(H,32,36);1-6,24-25H,22-23H2;4*1H4/i/hD3. The number of aromatic hydroxyl groups is 6. The van der Waals surface area contributed by atoms with E-state index < -0.39 is 161 Å². The summed E-state index contributed by atoms with van der Waals surface area (Å²) in [4.78, 5) is 48.8. The Bertz CT molecular complexity index is 4770. The third-order valence-corrected chi connectivity index (χ3v) is 16.1. The second-order valence-electron chi connectivity index (χ2n) is 22.7. The third-order valence-electron chi connectivity index (χ3n) is 16.1. The molecule has 0 heterocycles. The van der Waals surface area contributed by atoms with Crippen LogP contribution in [0.5, 0.6) is 46.0 Å². The van der Waals surface area contributed by atoms with Crippen molar-refractivity contribution in [2.24, 2.45) is 0 Å². The summed E-state index contributed by atoms with van der Waals surface area (Å²) in [6.07, 6.45) is -35.5. The van der Waals surface area contributed by atoms with Crippen LogP contribution >= 0.6 is 0 Å².